The molecule has 0 fully saturated rings. The van der Waals surface area contributed by atoms with Crippen LogP contribution in [0.3, 0.4) is 0 Å². The Hall–Kier alpha value is -0.460. The van der Waals surface area contributed by atoms with Crippen molar-refractivity contribution in [2.24, 2.45) is 0 Å². The lowest BCUT2D eigenvalue weighted by Gasteiger charge is -2.10. The number of para-hydroxylation sites is 1. The zero-order chi connectivity index (χ0) is 11.8. The van der Waals surface area contributed by atoms with Crippen molar-refractivity contribution >= 4 is 44.9 Å². The van der Waals surface area contributed by atoms with Crippen LogP contribution < -0.4 is 0 Å². The number of aromatic nitrogens is 1. The van der Waals surface area contributed by atoms with E-state index in [0.717, 1.165) is 4.70 Å². The van der Waals surface area contributed by atoms with Gasteiger partial charge in [-0.2, -0.15) is 13.2 Å². The van der Waals surface area contributed by atoms with E-state index in [4.69, 9.17) is 11.6 Å². The largest absolute Gasteiger partial charge is 0.414 e. The minimum Gasteiger partial charge on any atom is -0.230 e. The van der Waals surface area contributed by atoms with Gasteiger partial charge in [0.2, 0.25) is 0 Å². The van der Waals surface area contributed by atoms with Crippen molar-refractivity contribution in [3.63, 3.8) is 0 Å². The number of nitrogens with zero attached hydrogens (tertiary/aromatic N) is 1. The summed E-state index contributed by atoms with van der Waals surface area (Å²) in [7, 11) is 0. The first kappa shape index (κ1) is 12.0. The Bertz CT molecular complexity index is 464. The van der Waals surface area contributed by atoms with Crippen molar-refractivity contribution in [2.75, 3.05) is 0 Å². The third-order valence-electron chi connectivity index (χ3n) is 1.74. The zero-order valence-corrected chi connectivity index (χ0v) is 10.1. The van der Waals surface area contributed by atoms with E-state index < -0.39 is 10.9 Å². The first-order valence-corrected chi connectivity index (χ1v) is 6.33. The summed E-state index contributed by atoms with van der Waals surface area (Å²) in [6.45, 7) is 0. The van der Waals surface area contributed by atoms with E-state index in [0.29, 0.717) is 21.6 Å². The highest BCUT2D eigenvalue weighted by molar-refractivity contribution is 8.02. The highest BCUT2D eigenvalue weighted by Gasteiger charge is 2.39. The van der Waals surface area contributed by atoms with Gasteiger partial charge in [-0.05, 0) is 12.1 Å². The summed E-state index contributed by atoms with van der Waals surface area (Å²) in [5, 5.41) is 0. The second-order valence-corrected chi connectivity index (χ2v) is 6.00. The van der Waals surface area contributed by atoms with Crippen LogP contribution in [0.1, 0.15) is 0 Å². The fraction of sp³-hybridized carbons (Fsp3) is 0.222. The molecule has 7 heteroatoms. The summed E-state index contributed by atoms with van der Waals surface area (Å²) in [6.07, 6.45) is -4.41. The van der Waals surface area contributed by atoms with Gasteiger partial charge in [0, 0.05) is 0 Å². The number of fused-ring (bicyclic) bond motifs is 1. The molecular weight excluding hydrogens is 279 g/mol. The van der Waals surface area contributed by atoms with Gasteiger partial charge in [0.15, 0.2) is 9.05 Å². The van der Waals surface area contributed by atoms with E-state index in [2.05, 4.69) is 4.98 Å². The summed E-state index contributed by atoms with van der Waals surface area (Å²) >= 11 is 6.96. The molecule has 2 rings (SSSR count). The molecule has 0 radical (unpaired) electrons. The van der Waals surface area contributed by atoms with Crippen LogP contribution in [-0.2, 0) is 0 Å². The van der Waals surface area contributed by atoms with Crippen LogP contribution in [0.4, 0.5) is 13.2 Å². The number of rotatable bonds is 2. The smallest absolute Gasteiger partial charge is 0.230 e. The number of alkyl halides is 4. The van der Waals surface area contributed by atoms with Crippen molar-refractivity contribution in [2.45, 2.75) is 15.2 Å². The molecule has 0 aliphatic rings. The van der Waals surface area contributed by atoms with E-state index in [1.165, 1.54) is 11.3 Å². The quantitative estimate of drug-likeness (QED) is 0.594. The molecule has 2 aromatic rings. The second kappa shape index (κ2) is 4.43. The third kappa shape index (κ3) is 2.61. The molecule has 0 saturated heterocycles. The minimum atomic E-state index is -4.41. The highest BCUT2D eigenvalue weighted by atomic mass is 35.5. The van der Waals surface area contributed by atoms with Gasteiger partial charge < -0.3 is 0 Å². The molecule has 0 aliphatic heterocycles. The van der Waals surface area contributed by atoms with Gasteiger partial charge in [0.05, 0.1) is 10.2 Å². The predicted molar refractivity (Wildman–Crippen MR) is 61.2 cm³/mol. The lowest BCUT2D eigenvalue weighted by atomic mass is 10.3. The molecule has 0 saturated carbocycles. The fourth-order valence-electron chi connectivity index (χ4n) is 1.06. The SMILES string of the molecule is FC(F)(F)C(Cl)Sc1nc2ccccc2s1. The molecule has 86 valence electrons. The number of hydrogen-bond donors (Lipinski definition) is 0. The maximum atomic E-state index is 12.2. The van der Waals surface area contributed by atoms with Gasteiger partial charge in [-0.25, -0.2) is 4.98 Å². The lowest BCUT2D eigenvalue weighted by Crippen LogP contribution is -2.19. The number of benzene rings is 1. The van der Waals surface area contributed by atoms with Gasteiger partial charge in [0.1, 0.15) is 0 Å². The van der Waals surface area contributed by atoms with Crippen LogP contribution in [0.2, 0.25) is 0 Å². The average molecular weight is 284 g/mol. The molecule has 0 amide bonds. The molecule has 0 bridgehead atoms. The van der Waals surface area contributed by atoms with E-state index in [1.54, 1.807) is 12.1 Å². The maximum Gasteiger partial charge on any atom is 0.414 e. The summed E-state index contributed by atoms with van der Waals surface area (Å²) in [5.74, 6) is 0. The fourth-order valence-corrected chi connectivity index (χ4v) is 3.38. The van der Waals surface area contributed by atoms with E-state index in [-0.39, 0.29) is 0 Å². The second-order valence-electron chi connectivity index (χ2n) is 2.92. The predicted octanol–water partition coefficient (Wildman–Crippen LogP) is 4.52. The van der Waals surface area contributed by atoms with E-state index in [1.807, 2.05) is 12.1 Å². The van der Waals surface area contributed by atoms with Crippen molar-refractivity contribution in [3.05, 3.63) is 24.3 Å². The van der Waals surface area contributed by atoms with Crippen LogP contribution in [0.25, 0.3) is 10.2 Å². The normalized spacial score (nSPS) is 14.2. The molecule has 0 N–H and O–H groups in total. The molecule has 1 heterocycles. The van der Waals surface area contributed by atoms with Crippen molar-refractivity contribution in [1.82, 2.24) is 4.98 Å². The number of thiazole rings is 1. The number of thioether (sulfide) groups is 1. The van der Waals surface area contributed by atoms with Crippen LogP contribution in [0.15, 0.2) is 28.6 Å². The van der Waals surface area contributed by atoms with Crippen molar-refractivity contribution in [3.8, 4) is 0 Å². The standard InChI is InChI=1S/C9H5ClF3NS2/c10-7(9(11,12)13)16-8-14-5-3-1-2-4-6(5)15-8/h1-4,7H. The average Bonchev–Trinajstić information content (AvgIpc) is 2.58. The molecule has 0 aliphatic carbocycles. The molecule has 1 aromatic carbocycles. The molecule has 1 aromatic heterocycles. The molecule has 0 spiro atoms. The Morgan fingerprint density at radius 2 is 2.00 bits per heavy atom. The number of hydrogen-bond acceptors (Lipinski definition) is 3. The zero-order valence-electron chi connectivity index (χ0n) is 7.66. The summed E-state index contributed by atoms with van der Waals surface area (Å²) in [6, 6.07) is 7.18. The van der Waals surface area contributed by atoms with Crippen molar-refractivity contribution < 1.29 is 13.2 Å². The Morgan fingerprint density at radius 3 is 2.62 bits per heavy atom. The maximum absolute atomic E-state index is 12.2. The molecule has 1 nitrogen and oxygen atoms in total. The van der Waals surface area contributed by atoms with Gasteiger partial charge in [0.25, 0.3) is 0 Å². The van der Waals surface area contributed by atoms with Crippen LogP contribution in [0.5, 0.6) is 0 Å². The molecular formula is C9H5ClF3NS2. The minimum absolute atomic E-state index is 0.332. The highest BCUT2D eigenvalue weighted by Crippen LogP contribution is 2.40. The van der Waals surface area contributed by atoms with Gasteiger partial charge in [-0.15, -0.1) is 22.9 Å². The van der Waals surface area contributed by atoms with Crippen LogP contribution in [0, 0.1) is 0 Å². The summed E-state index contributed by atoms with van der Waals surface area (Å²) in [5.41, 5.74) is 0.695. The summed E-state index contributed by atoms with van der Waals surface area (Å²) < 4.78 is 35.9. The lowest BCUT2D eigenvalue weighted by molar-refractivity contribution is -0.113. The van der Waals surface area contributed by atoms with Crippen LogP contribution >= 0.6 is 34.7 Å². The third-order valence-corrected chi connectivity index (χ3v) is 4.39. The Morgan fingerprint density at radius 1 is 1.31 bits per heavy atom. The monoisotopic (exact) mass is 283 g/mol. The summed E-state index contributed by atoms with van der Waals surface area (Å²) in [4.78, 5) is 4.06. The Labute approximate surface area is 103 Å². The van der Waals surface area contributed by atoms with E-state index >= 15 is 0 Å². The van der Waals surface area contributed by atoms with Crippen molar-refractivity contribution in [1.29, 1.82) is 0 Å². The topological polar surface area (TPSA) is 12.9 Å². The molecule has 1 atom stereocenters. The first-order chi connectivity index (χ1) is 7.47. The number of halogens is 4. The molecule has 16 heavy (non-hydrogen) atoms. The Balaban J connectivity index is 2.22. The Kier molecular flexibility index (Phi) is 3.32. The van der Waals surface area contributed by atoms with Gasteiger partial charge >= 0.3 is 6.18 Å². The van der Waals surface area contributed by atoms with E-state index in [9.17, 15) is 13.2 Å². The van der Waals surface area contributed by atoms with Crippen LogP contribution in [-0.4, -0.2) is 15.9 Å². The molecule has 1 unspecified atom stereocenters. The van der Waals surface area contributed by atoms with Gasteiger partial charge in [-0.1, -0.05) is 23.9 Å². The first-order valence-electron chi connectivity index (χ1n) is 4.20. The van der Waals surface area contributed by atoms with Gasteiger partial charge in [-0.3, -0.25) is 0 Å².